The maximum absolute atomic E-state index is 10.8. The van der Waals surface area contributed by atoms with Crippen molar-refractivity contribution in [2.75, 3.05) is 0 Å². The van der Waals surface area contributed by atoms with E-state index in [2.05, 4.69) is 67.5 Å². The first-order chi connectivity index (χ1) is 15.3. The largest absolute Gasteiger partial charge is 2.00 e. The molecule has 0 aliphatic rings. The summed E-state index contributed by atoms with van der Waals surface area (Å²) in [6, 6.07) is 8.14. The fraction of sp³-hybridized carbons (Fsp3) is 0.478. The molecule has 2 N–H and O–H groups in total. The van der Waals surface area contributed by atoms with Gasteiger partial charge in [-0.2, -0.15) is 15.6 Å². The van der Waals surface area contributed by atoms with Crippen LogP contribution in [0.15, 0.2) is 24.3 Å². The van der Waals surface area contributed by atoms with Crippen molar-refractivity contribution in [2.45, 2.75) is 72.6 Å². The Bertz CT molecular complexity index is 1010. The minimum Gasteiger partial charge on any atom is -0.822 e. The summed E-state index contributed by atoms with van der Waals surface area (Å²) in [5.74, 6) is 0.688. The van der Waals surface area contributed by atoms with Gasteiger partial charge in [0.15, 0.2) is 0 Å². The fourth-order valence-electron chi connectivity index (χ4n) is 3.33. The SMILES string of the molecule is Cc1cc(Cc2cc(C)cc(C(C)(C)C)c2O)c(O)c(C(C)(C)C)c1.O=P([O-])([O-])[O-].O=P([O-])([O-])[O-].[Ca+2].[Ca+2].[Ca+2]. The van der Waals surface area contributed by atoms with Gasteiger partial charge in [-0.15, -0.1) is 0 Å². The van der Waals surface area contributed by atoms with E-state index in [0.29, 0.717) is 17.9 Å². The zero-order valence-corrected chi connectivity index (χ0v) is 31.6. The molecule has 15 heteroatoms. The van der Waals surface area contributed by atoms with Crippen LogP contribution in [-0.4, -0.2) is 123 Å². The molecule has 0 heterocycles. The third kappa shape index (κ3) is 20.8. The van der Waals surface area contributed by atoms with Gasteiger partial charge in [-0.25, -0.2) is 0 Å². The van der Waals surface area contributed by atoms with Crippen LogP contribution < -0.4 is 29.4 Å². The van der Waals surface area contributed by atoms with Gasteiger partial charge in [0, 0.05) is 6.42 Å². The molecule has 2 rings (SSSR count). The predicted molar refractivity (Wildman–Crippen MR) is 138 cm³/mol. The van der Waals surface area contributed by atoms with Gasteiger partial charge in [-0.05, 0) is 46.9 Å². The Kier molecular flexibility index (Phi) is 23.1. The van der Waals surface area contributed by atoms with Gasteiger partial charge in [-0.3, -0.25) is 0 Å². The predicted octanol–water partition coefficient (Wildman–Crippen LogP) is -0.891. The number of hydrogen-bond donors (Lipinski definition) is 2. The molecule has 2 aromatic carbocycles. The molecule has 0 spiro atoms. The molecular formula is C23H32Ca3O10P2. The first-order valence-electron chi connectivity index (χ1n) is 10.4. The van der Waals surface area contributed by atoms with E-state index in [9.17, 15) is 10.2 Å². The van der Waals surface area contributed by atoms with Crippen LogP contribution in [0.25, 0.3) is 0 Å². The zero-order valence-electron chi connectivity index (χ0n) is 23.2. The average Bonchev–Trinajstić information content (AvgIpc) is 2.55. The second-order valence-electron chi connectivity index (χ2n) is 10.2. The van der Waals surface area contributed by atoms with Crippen LogP contribution >= 0.6 is 15.6 Å². The van der Waals surface area contributed by atoms with Crippen molar-refractivity contribution in [3.63, 3.8) is 0 Å². The summed E-state index contributed by atoms with van der Waals surface area (Å²) >= 11 is 0. The Balaban J connectivity index is -0.000000381. The van der Waals surface area contributed by atoms with Crippen LogP contribution in [0.5, 0.6) is 11.5 Å². The maximum atomic E-state index is 10.8. The van der Waals surface area contributed by atoms with Crippen LogP contribution in [0.4, 0.5) is 0 Å². The van der Waals surface area contributed by atoms with Crippen molar-refractivity contribution in [3.05, 3.63) is 57.6 Å². The van der Waals surface area contributed by atoms with E-state index in [4.69, 9.17) is 38.5 Å². The van der Waals surface area contributed by atoms with Crippen LogP contribution in [-0.2, 0) is 26.4 Å². The molecule has 0 fully saturated rings. The van der Waals surface area contributed by atoms with Crippen LogP contribution in [0.1, 0.15) is 74.9 Å². The molecule has 0 atom stereocenters. The number of rotatable bonds is 2. The number of benzene rings is 2. The van der Waals surface area contributed by atoms with Crippen molar-refractivity contribution in [1.82, 2.24) is 0 Å². The van der Waals surface area contributed by atoms with Gasteiger partial charge in [0.05, 0.1) is 0 Å². The number of aryl methyl sites for hydroxylation is 2. The summed E-state index contributed by atoms with van der Waals surface area (Å²) in [6.45, 7) is 16.7. The molecule has 0 saturated heterocycles. The van der Waals surface area contributed by atoms with E-state index in [0.717, 1.165) is 33.4 Å². The van der Waals surface area contributed by atoms with Gasteiger partial charge in [-0.1, -0.05) is 76.9 Å². The molecule has 0 unspecified atom stereocenters. The van der Waals surface area contributed by atoms with Gasteiger partial charge in [0.1, 0.15) is 11.5 Å². The Labute approximate surface area is 314 Å². The second-order valence-corrected chi connectivity index (χ2v) is 12.0. The Morgan fingerprint density at radius 2 is 0.816 bits per heavy atom. The van der Waals surface area contributed by atoms with Crippen molar-refractivity contribution in [1.29, 1.82) is 0 Å². The van der Waals surface area contributed by atoms with Gasteiger partial charge in [0.2, 0.25) is 0 Å². The summed E-state index contributed by atoms with van der Waals surface area (Å²) in [5.41, 5.74) is 5.63. The van der Waals surface area contributed by atoms with E-state index in [1.54, 1.807) is 0 Å². The zero-order chi connectivity index (χ0) is 28.2. The number of hydrogen-bond acceptors (Lipinski definition) is 10. The summed E-state index contributed by atoms with van der Waals surface area (Å²) in [5, 5.41) is 21.6. The maximum Gasteiger partial charge on any atom is 2.00 e. The molecule has 0 amide bonds. The van der Waals surface area contributed by atoms with Crippen LogP contribution in [0.3, 0.4) is 0 Å². The molecular weight excluding hydrogens is 618 g/mol. The van der Waals surface area contributed by atoms with E-state index in [-0.39, 0.29) is 124 Å². The van der Waals surface area contributed by atoms with Crippen molar-refractivity contribution < 1.29 is 48.7 Å². The van der Waals surface area contributed by atoms with E-state index in [1.807, 2.05) is 12.1 Å². The summed E-state index contributed by atoms with van der Waals surface area (Å²) in [7, 11) is -10.8. The first kappa shape index (κ1) is 47.0. The summed E-state index contributed by atoms with van der Waals surface area (Å²) in [6.07, 6.45) is 0.521. The number of phenols is 2. The quantitative estimate of drug-likeness (QED) is 0.302. The molecule has 0 aliphatic carbocycles. The molecule has 0 aliphatic heterocycles. The minimum atomic E-state index is -5.39. The molecule has 0 bridgehead atoms. The molecule has 200 valence electrons. The van der Waals surface area contributed by atoms with Gasteiger partial charge in [0.25, 0.3) is 0 Å². The number of phosphoric acid groups is 2. The first-order valence-corrected chi connectivity index (χ1v) is 13.3. The molecule has 0 aromatic heterocycles. The smallest absolute Gasteiger partial charge is 0.822 e. The van der Waals surface area contributed by atoms with Crippen molar-refractivity contribution in [3.8, 4) is 11.5 Å². The Morgan fingerprint density at radius 3 is 1.00 bits per heavy atom. The molecule has 0 radical (unpaired) electrons. The molecule has 38 heavy (non-hydrogen) atoms. The Hall–Kier alpha value is 2.04. The van der Waals surface area contributed by atoms with Crippen molar-refractivity contribution >= 4 is 129 Å². The second kappa shape index (κ2) is 18.6. The monoisotopic (exact) mass is 650 g/mol. The molecule has 0 saturated carbocycles. The summed E-state index contributed by atoms with van der Waals surface area (Å²) < 4.78 is 17.1. The normalized spacial score (nSPS) is 11.3. The van der Waals surface area contributed by atoms with Crippen molar-refractivity contribution in [2.24, 2.45) is 0 Å². The number of phenolic OH excluding ortho intramolecular Hbond substituents is 2. The topological polar surface area (TPSA) is 213 Å². The Morgan fingerprint density at radius 1 is 0.605 bits per heavy atom. The third-order valence-corrected chi connectivity index (χ3v) is 4.66. The standard InChI is InChI=1S/C23H32O2.3Ca.2H3O4P/c1-14-9-16(20(24)18(11-14)22(3,4)5)13-17-10-15(2)12-19(21(17)25)23(6,7)8;;;;2*1-5(2,3)4/h9-12,24-25H,13H2,1-8H3;;;;2*(H3,1,2,3,4)/q;3*+2;;/p-6. The third-order valence-electron chi connectivity index (χ3n) is 4.66. The minimum absolute atomic E-state index is 0. The average molecular weight is 651 g/mol. The number of aromatic hydroxyl groups is 2. The van der Waals surface area contributed by atoms with E-state index >= 15 is 0 Å². The van der Waals surface area contributed by atoms with Crippen LogP contribution in [0, 0.1) is 13.8 Å². The van der Waals surface area contributed by atoms with E-state index in [1.165, 1.54) is 0 Å². The molecule has 10 nitrogen and oxygen atoms in total. The van der Waals surface area contributed by atoms with Crippen LogP contribution in [0.2, 0.25) is 0 Å². The van der Waals surface area contributed by atoms with E-state index < -0.39 is 15.6 Å². The van der Waals surface area contributed by atoms with Gasteiger partial charge < -0.3 is 48.7 Å². The summed E-state index contributed by atoms with van der Waals surface area (Å²) in [4.78, 5) is 51.3. The molecule has 2 aromatic rings. The fourth-order valence-corrected chi connectivity index (χ4v) is 3.33. The van der Waals surface area contributed by atoms with Gasteiger partial charge >= 0.3 is 113 Å².